The summed E-state index contributed by atoms with van der Waals surface area (Å²) in [4.78, 5) is 2.40. The van der Waals surface area contributed by atoms with Crippen molar-refractivity contribution in [3.63, 3.8) is 0 Å². The maximum atomic E-state index is 2.54. The van der Waals surface area contributed by atoms with Crippen LogP contribution in [-0.4, -0.2) is 4.57 Å². The molecule has 0 saturated heterocycles. The average Bonchev–Trinajstić information content (AvgIpc) is 3.87. The van der Waals surface area contributed by atoms with Crippen LogP contribution in [0.2, 0.25) is 0 Å². The van der Waals surface area contributed by atoms with Gasteiger partial charge in [0.05, 0.1) is 11.0 Å². The first kappa shape index (κ1) is 37.9. The lowest BCUT2D eigenvalue weighted by Gasteiger charge is -2.61. The SMILES string of the molecule is c1ccc(-c2ccc(-c3ccc(N(c4ccc(-c5ccc6c(c5)-c5ccccc5C65C6CC7CC(C6)CC5C7)cc4)c4ccc(-n5c6ccccc6c6ccccc65)cc4)cc3)cc2)cc1. The van der Waals surface area contributed by atoms with E-state index in [9.17, 15) is 0 Å². The zero-order chi connectivity index (χ0) is 43.3. The summed E-state index contributed by atoms with van der Waals surface area (Å²) < 4.78 is 2.39. The van der Waals surface area contributed by atoms with E-state index in [1.807, 2.05) is 0 Å². The lowest BCUT2D eigenvalue weighted by Crippen LogP contribution is -2.55. The molecule has 1 heterocycles. The molecular formula is C64H50N2. The normalized spacial score (nSPS) is 21.1. The summed E-state index contributed by atoms with van der Waals surface area (Å²) in [6, 6.07) is 81.5. The summed E-state index contributed by atoms with van der Waals surface area (Å²) in [7, 11) is 0. The van der Waals surface area contributed by atoms with Crippen molar-refractivity contribution in [3.05, 3.63) is 230 Å². The second kappa shape index (κ2) is 14.8. The molecule has 10 aromatic rings. The lowest BCUT2D eigenvalue weighted by atomic mass is 9.43. The Morgan fingerprint density at radius 3 is 1.35 bits per heavy atom. The van der Waals surface area contributed by atoms with Gasteiger partial charge in [-0.05, 0) is 178 Å². The van der Waals surface area contributed by atoms with Crippen LogP contribution in [0.1, 0.15) is 43.2 Å². The fraction of sp³-hybridized carbons (Fsp3) is 0.156. The molecule has 4 fully saturated rings. The second-order valence-electron chi connectivity index (χ2n) is 19.7. The van der Waals surface area contributed by atoms with Gasteiger partial charge in [0.1, 0.15) is 0 Å². The summed E-state index contributed by atoms with van der Waals surface area (Å²) in [5, 5.41) is 2.54. The van der Waals surface area contributed by atoms with Gasteiger partial charge in [-0.2, -0.15) is 0 Å². The molecule has 0 N–H and O–H groups in total. The van der Waals surface area contributed by atoms with Crippen molar-refractivity contribution < 1.29 is 0 Å². The van der Waals surface area contributed by atoms with E-state index in [1.165, 1.54) is 98.4 Å². The molecule has 9 aromatic carbocycles. The summed E-state index contributed by atoms with van der Waals surface area (Å²) in [6.45, 7) is 0. The number of rotatable bonds is 7. The van der Waals surface area contributed by atoms with E-state index in [0.717, 1.165) is 46.4 Å². The first-order valence-electron chi connectivity index (χ1n) is 24.2. The third-order valence-electron chi connectivity index (χ3n) is 16.4. The van der Waals surface area contributed by atoms with Gasteiger partial charge in [0.25, 0.3) is 0 Å². The fourth-order valence-electron chi connectivity index (χ4n) is 13.8. The average molecular weight is 847 g/mol. The molecule has 2 heteroatoms. The highest BCUT2D eigenvalue weighted by molar-refractivity contribution is 6.09. The number of benzene rings is 9. The van der Waals surface area contributed by atoms with Crippen molar-refractivity contribution in [1.82, 2.24) is 4.57 Å². The first-order chi connectivity index (χ1) is 32.7. The van der Waals surface area contributed by atoms with Crippen LogP contribution in [0.15, 0.2) is 218 Å². The van der Waals surface area contributed by atoms with Crippen molar-refractivity contribution >= 4 is 38.9 Å². The third-order valence-corrected chi connectivity index (χ3v) is 16.4. The van der Waals surface area contributed by atoms with Crippen LogP contribution >= 0.6 is 0 Å². The van der Waals surface area contributed by atoms with Gasteiger partial charge in [-0.25, -0.2) is 0 Å². The first-order valence-corrected chi connectivity index (χ1v) is 24.2. The molecule has 316 valence electrons. The van der Waals surface area contributed by atoms with Gasteiger partial charge in [0.2, 0.25) is 0 Å². The zero-order valence-corrected chi connectivity index (χ0v) is 37.0. The summed E-state index contributed by atoms with van der Waals surface area (Å²) in [5.41, 5.74) is 20.7. The Bertz CT molecular complexity index is 3370. The Morgan fingerprint density at radius 1 is 0.348 bits per heavy atom. The van der Waals surface area contributed by atoms with Gasteiger partial charge in [-0.1, -0.05) is 152 Å². The van der Waals surface area contributed by atoms with E-state index in [4.69, 9.17) is 0 Å². The maximum absolute atomic E-state index is 2.54. The molecule has 0 radical (unpaired) electrons. The van der Waals surface area contributed by atoms with Crippen LogP contribution in [0.5, 0.6) is 0 Å². The molecule has 1 aromatic heterocycles. The molecule has 2 nitrogen and oxygen atoms in total. The molecule has 0 unspecified atom stereocenters. The maximum Gasteiger partial charge on any atom is 0.0541 e. The van der Waals surface area contributed by atoms with Crippen LogP contribution in [-0.2, 0) is 5.41 Å². The molecular weight excluding hydrogens is 797 g/mol. The van der Waals surface area contributed by atoms with E-state index in [1.54, 1.807) is 11.1 Å². The van der Waals surface area contributed by atoms with E-state index in [0.29, 0.717) is 0 Å². The molecule has 15 rings (SSSR count). The quantitative estimate of drug-likeness (QED) is 0.155. The fourth-order valence-corrected chi connectivity index (χ4v) is 13.8. The van der Waals surface area contributed by atoms with Crippen molar-refractivity contribution in [2.45, 2.75) is 37.5 Å². The predicted octanol–water partition coefficient (Wildman–Crippen LogP) is 17.0. The Morgan fingerprint density at radius 2 is 0.773 bits per heavy atom. The highest BCUT2D eigenvalue weighted by Gasteiger charge is 2.61. The number of para-hydroxylation sites is 2. The summed E-state index contributed by atoms with van der Waals surface area (Å²) in [6.07, 6.45) is 7.12. The van der Waals surface area contributed by atoms with Crippen LogP contribution in [0, 0.1) is 23.7 Å². The van der Waals surface area contributed by atoms with Gasteiger partial charge >= 0.3 is 0 Å². The van der Waals surface area contributed by atoms with E-state index < -0.39 is 0 Å². The Balaban J connectivity index is 0.832. The van der Waals surface area contributed by atoms with Crippen molar-refractivity contribution in [2.75, 3.05) is 4.90 Å². The Labute approximate surface area is 387 Å². The van der Waals surface area contributed by atoms with Gasteiger partial charge in [-0.3, -0.25) is 0 Å². The van der Waals surface area contributed by atoms with Gasteiger partial charge in [0.15, 0.2) is 0 Å². The van der Waals surface area contributed by atoms with Gasteiger partial charge < -0.3 is 9.47 Å². The van der Waals surface area contributed by atoms with Crippen molar-refractivity contribution in [1.29, 1.82) is 0 Å². The highest BCUT2D eigenvalue weighted by atomic mass is 15.1. The van der Waals surface area contributed by atoms with E-state index in [-0.39, 0.29) is 5.41 Å². The topological polar surface area (TPSA) is 8.17 Å². The van der Waals surface area contributed by atoms with Gasteiger partial charge in [0, 0.05) is 38.9 Å². The molecule has 5 aliphatic rings. The van der Waals surface area contributed by atoms with Crippen LogP contribution in [0.3, 0.4) is 0 Å². The minimum absolute atomic E-state index is 0.195. The zero-order valence-electron chi connectivity index (χ0n) is 37.0. The minimum Gasteiger partial charge on any atom is -0.311 e. The van der Waals surface area contributed by atoms with Crippen LogP contribution in [0.25, 0.3) is 72.0 Å². The monoisotopic (exact) mass is 846 g/mol. The second-order valence-corrected chi connectivity index (χ2v) is 19.7. The molecule has 1 spiro atoms. The number of fused-ring (bicyclic) bond motifs is 6. The Kier molecular flexibility index (Phi) is 8.50. The van der Waals surface area contributed by atoms with E-state index in [2.05, 4.69) is 228 Å². The molecule has 0 amide bonds. The number of hydrogen-bond donors (Lipinski definition) is 0. The summed E-state index contributed by atoms with van der Waals surface area (Å²) >= 11 is 0. The number of anilines is 3. The smallest absolute Gasteiger partial charge is 0.0541 e. The van der Waals surface area contributed by atoms with Crippen molar-refractivity contribution in [3.8, 4) is 50.2 Å². The molecule has 4 saturated carbocycles. The van der Waals surface area contributed by atoms with Crippen LogP contribution < -0.4 is 4.90 Å². The molecule has 4 bridgehead atoms. The standard InChI is InChI=1S/C64H50N2/c1-2-10-44(11-3-1)45-18-20-46(21-19-45)47-22-27-52(28-23-47)65(54-31-33-55(34-32-54)66-62-16-8-5-13-57(62)58-14-6-9-17-63(58)66)53-29-24-48(25-30-53)49-26-35-61-59(41-49)56-12-4-7-15-60(56)64(61)50-37-42-36-43(39-50)40-51(64)38-42/h1-35,41-43,50-51H,36-40H2. The Hall–Kier alpha value is -7.42. The number of nitrogens with zero attached hydrogens (tertiary/aromatic N) is 2. The molecule has 5 aliphatic carbocycles. The molecule has 66 heavy (non-hydrogen) atoms. The van der Waals surface area contributed by atoms with Crippen LogP contribution in [0.4, 0.5) is 17.1 Å². The summed E-state index contributed by atoms with van der Waals surface area (Å²) in [5.74, 6) is 3.44. The molecule has 0 atom stereocenters. The number of aromatic nitrogens is 1. The number of hydrogen-bond acceptors (Lipinski definition) is 1. The van der Waals surface area contributed by atoms with Gasteiger partial charge in [-0.15, -0.1) is 0 Å². The highest BCUT2D eigenvalue weighted by Crippen LogP contribution is 2.69. The molecule has 0 aliphatic heterocycles. The largest absolute Gasteiger partial charge is 0.311 e. The minimum atomic E-state index is 0.195. The van der Waals surface area contributed by atoms with Crippen molar-refractivity contribution in [2.24, 2.45) is 23.7 Å². The third kappa shape index (κ3) is 5.73. The predicted molar refractivity (Wildman–Crippen MR) is 275 cm³/mol. The lowest BCUT2D eigenvalue weighted by molar-refractivity contribution is -0.0399. The van der Waals surface area contributed by atoms with E-state index >= 15 is 0 Å².